The summed E-state index contributed by atoms with van der Waals surface area (Å²) < 4.78 is 0. The van der Waals surface area contributed by atoms with Crippen molar-refractivity contribution in [3.63, 3.8) is 0 Å². The molecule has 2 heteroatoms. The quantitative estimate of drug-likeness (QED) is 0.345. The molecule has 4 aliphatic carbocycles. The molecule has 0 spiro atoms. The predicted octanol–water partition coefficient (Wildman–Crippen LogP) is 10.1. The number of fused-ring (bicyclic) bond motifs is 2. The van der Waals surface area contributed by atoms with Crippen molar-refractivity contribution in [1.82, 2.24) is 0 Å². The van der Waals surface area contributed by atoms with Gasteiger partial charge in [-0.05, 0) is 90.2 Å². The molecular weight excluding hydrogens is 441 g/mol. The fourth-order valence-electron chi connectivity index (χ4n) is 10.4. The fourth-order valence-corrected chi connectivity index (χ4v) is 24.8. The van der Waals surface area contributed by atoms with Crippen LogP contribution in [0.15, 0.2) is 30.3 Å². The van der Waals surface area contributed by atoms with Gasteiger partial charge in [0.2, 0.25) is 0 Å². The molecule has 0 aromatic heterocycles. The summed E-state index contributed by atoms with van der Waals surface area (Å²) in [6.45, 7) is 16.9. The average molecular weight is 495 g/mol. The van der Waals surface area contributed by atoms with E-state index in [1.807, 2.05) is 0 Å². The summed E-state index contributed by atoms with van der Waals surface area (Å²) in [7, 11) is -2.59. The lowest BCUT2D eigenvalue weighted by Gasteiger charge is -2.51. The molecule has 5 rings (SSSR count). The second-order valence-corrected chi connectivity index (χ2v) is 30.7. The Kier molecular flexibility index (Phi) is 7.33. The Balaban J connectivity index is 1.38. The predicted molar refractivity (Wildman–Crippen MR) is 155 cm³/mol. The highest BCUT2D eigenvalue weighted by Crippen LogP contribution is 2.63. The van der Waals surface area contributed by atoms with Crippen LogP contribution in [0.2, 0.25) is 37.3 Å². The lowest BCUT2D eigenvalue weighted by molar-refractivity contribution is 0.215. The molecule has 4 aliphatic rings. The largest absolute Gasteiger partial charge is 0.0711 e. The van der Waals surface area contributed by atoms with Crippen molar-refractivity contribution in [3.8, 4) is 0 Å². The first-order valence-electron chi connectivity index (χ1n) is 15.3. The number of rotatable bonds is 6. The van der Waals surface area contributed by atoms with Gasteiger partial charge in [-0.15, -0.1) is 0 Å². The lowest BCUT2D eigenvalue weighted by Crippen LogP contribution is -2.62. The van der Waals surface area contributed by atoms with Crippen LogP contribution in [-0.4, -0.2) is 15.2 Å². The monoisotopic (exact) mass is 494 g/mol. The van der Waals surface area contributed by atoms with E-state index in [1.54, 1.807) is 44.1 Å². The van der Waals surface area contributed by atoms with Crippen LogP contribution in [0.1, 0.15) is 96.0 Å². The van der Waals surface area contributed by atoms with Crippen molar-refractivity contribution < 1.29 is 0 Å². The molecule has 1 aromatic rings. The van der Waals surface area contributed by atoms with E-state index < -0.39 is 15.2 Å². The zero-order chi connectivity index (χ0) is 24.1. The molecule has 0 saturated heterocycles. The maximum atomic E-state index is 2.93. The highest BCUT2D eigenvalue weighted by Gasteiger charge is 2.60. The normalized spacial score (nSPS) is 39.5. The van der Waals surface area contributed by atoms with Crippen LogP contribution in [0.3, 0.4) is 0 Å². The molecule has 0 aliphatic heterocycles. The second-order valence-electron chi connectivity index (χ2n) is 14.6. The molecule has 34 heavy (non-hydrogen) atoms. The molecule has 0 N–H and O–H groups in total. The standard InChI is InChI=1S/C32H54Si2/c1-23(25-14-8-7-9-15-25)20-26-22-32(30-19-13-11-17-28(26)30)34(5,6)33(3,4)31-21-24(2)27-16-10-12-18-29(27)31/h7-9,14-15,23-24,26-32H,10-13,16-22H2,1-6H3. The first kappa shape index (κ1) is 25.3. The molecule has 0 amide bonds. The Morgan fingerprint density at radius 1 is 0.706 bits per heavy atom. The summed E-state index contributed by atoms with van der Waals surface area (Å²) in [5.74, 6) is 7.05. The lowest BCUT2D eigenvalue weighted by atomic mass is 9.75. The Morgan fingerprint density at radius 3 is 1.82 bits per heavy atom. The fraction of sp³-hybridized carbons (Fsp3) is 0.812. The number of benzene rings is 1. The van der Waals surface area contributed by atoms with Crippen LogP contribution >= 0.6 is 0 Å². The van der Waals surface area contributed by atoms with Gasteiger partial charge in [-0.25, -0.2) is 0 Å². The van der Waals surface area contributed by atoms with Crippen LogP contribution in [0, 0.1) is 35.5 Å². The Labute approximate surface area is 213 Å². The Hall–Kier alpha value is -0.346. The van der Waals surface area contributed by atoms with Crippen molar-refractivity contribution in [3.05, 3.63) is 35.9 Å². The highest BCUT2D eigenvalue weighted by atomic mass is 29.3. The van der Waals surface area contributed by atoms with Crippen LogP contribution < -0.4 is 0 Å². The summed E-state index contributed by atoms with van der Waals surface area (Å²) in [6.07, 6.45) is 17.0. The van der Waals surface area contributed by atoms with Gasteiger partial charge in [0.25, 0.3) is 0 Å². The van der Waals surface area contributed by atoms with Crippen molar-refractivity contribution in [1.29, 1.82) is 0 Å². The summed E-state index contributed by atoms with van der Waals surface area (Å²) in [5.41, 5.74) is 3.83. The van der Waals surface area contributed by atoms with Crippen molar-refractivity contribution >= 4 is 15.2 Å². The molecule has 9 atom stereocenters. The van der Waals surface area contributed by atoms with Crippen LogP contribution in [0.25, 0.3) is 0 Å². The van der Waals surface area contributed by atoms with E-state index in [4.69, 9.17) is 0 Å². The van der Waals surface area contributed by atoms with Gasteiger partial charge in [-0.1, -0.05) is 109 Å². The highest BCUT2D eigenvalue weighted by molar-refractivity contribution is 7.41. The zero-order valence-electron chi connectivity index (χ0n) is 23.4. The van der Waals surface area contributed by atoms with Gasteiger partial charge in [0.05, 0.1) is 0 Å². The molecule has 0 heterocycles. The summed E-state index contributed by atoms with van der Waals surface area (Å²) in [5, 5.41) is 0. The zero-order valence-corrected chi connectivity index (χ0v) is 25.4. The molecular formula is C32H54Si2. The summed E-state index contributed by atoms with van der Waals surface area (Å²) in [6, 6.07) is 11.4. The molecule has 0 bridgehead atoms. The minimum absolute atomic E-state index is 0.723. The maximum Gasteiger partial charge on any atom is 0.0449 e. The van der Waals surface area contributed by atoms with Gasteiger partial charge in [-0.2, -0.15) is 0 Å². The third-order valence-corrected chi connectivity index (χ3v) is 33.4. The van der Waals surface area contributed by atoms with Gasteiger partial charge in [-0.3, -0.25) is 0 Å². The average Bonchev–Trinajstić information content (AvgIpc) is 3.38. The second kappa shape index (κ2) is 9.84. The first-order valence-corrected chi connectivity index (χ1v) is 22.4. The van der Waals surface area contributed by atoms with Gasteiger partial charge in [0.1, 0.15) is 0 Å². The smallest absolute Gasteiger partial charge is 0.0449 e. The van der Waals surface area contributed by atoms with E-state index in [-0.39, 0.29) is 0 Å². The molecule has 4 fully saturated rings. The van der Waals surface area contributed by atoms with E-state index in [2.05, 4.69) is 70.4 Å². The third kappa shape index (κ3) is 4.35. The minimum atomic E-state index is -1.31. The SMILES string of the molecule is CC(CC1CC([Si](C)(C)[Si](C)(C)C2CC(C)C3CCCCC32)C2CCCCC12)c1ccccc1. The van der Waals surface area contributed by atoms with Crippen LogP contribution in [0.5, 0.6) is 0 Å². The van der Waals surface area contributed by atoms with E-state index in [1.165, 1.54) is 32.1 Å². The molecule has 190 valence electrons. The summed E-state index contributed by atoms with van der Waals surface area (Å²) >= 11 is 0. The van der Waals surface area contributed by atoms with Gasteiger partial charge >= 0.3 is 0 Å². The third-order valence-electron chi connectivity index (χ3n) is 12.8. The van der Waals surface area contributed by atoms with Crippen LogP contribution in [0.4, 0.5) is 0 Å². The molecule has 0 nitrogen and oxygen atoms in total. The van der Waals surface area contributed by atoms with E-state index in [0.717, 1.165) is 52.5 Å². The van der Waals surface area contributed by atoms with Gasteiger partial charge in [0, 0.05) is 15.2 Å². The van der Waals surface area contributed by atoms with Crippen molar-refractivity contribution in [2.75, 3.05) is 0 Å². The number of hydrogen-bond acceptors (Lipinski definition) is 0. The van der Waals surface area contributed by atoms with Crippen molar-refractivity contribution in [2.24, 2.45) is 35.5 Å². The molecule has 0 radical (unpaired) electrons. The van der Waals surface area contributed by atoms with Gasteiger partial charge in [0.15, 0.2) is 0 Å². The number of hydrogen-bond donors (Lipinski definition) is 0. The van der Waals surface area contributed by atoms with E-state index in [9.17, 15) is 0 Å². The van der Waals surface area contributed by atoms with Crippen molar-refractivity contribution in [2.45, 2.75) is 128 Å². The Bertz CT molecular complexity index is 814. The van der Waals surface area contributed by atoms with E-state index >= 15 is 0 Å². The minimum Gasteiger partial charge on any atom is -0.0711 e. The van der Waals surface area contributed by atoms with Crippen LogP contribution in [-0.2, 0) is 0 Å². The molecule has 9 unspecified atom stereocenters. The molecule has 4 saturated carbocycles. The summed E-state index contributed by atoms with van der Waals surface area (Å²) in [4.78, 5) is 0. The maximum absolute atomic E-state index is 2.93. The van der Waals surface area contributed by atoms with E-state index in [0.29, 0.717) is 0 Å². The topological polar surface area (TPSA) is 0 Å². The van der Waals surface area contributed by atoms with Gasteiger partial charge < -0.3 is 0 Å². The first-order chi connectivity index (χ1) is 16.2. The Morgan fingerprint density at radius 2 is 1.21 bits per heavy atom. The molecule has 1 aromatic carbocycles.